The van der Waals surface area contributed by atoms with Crippen molar-refractivity contribution in [1.82, 2.24) is 5.32 Å². The van der Waals surface area contributed by atoms with Crippen LogP contribution in [-0.2, 0) is 9.53 Å². The Kier molecular flexibility index (Phi) is 5.39. The van der Waals surface area contributed by atoms with Crippen molar-refractivity contribution in [2.24, 2.45) is 5.73 Å². The summed E-state index contributed by atoms with van der Waals surface area (Å²) in [5, 5.41) is 1.51. The van der Waals surface area contributed by atoms with E-state index in [1.54, 1.807) is 45.0 Å². The molecule has 0 aliphatic rings. The largest absolute Gasteiger partial charge is 0.444 e. The highest BCUT2D eigenvalue weighted by molar-refractivity contribution is 6.31. The van der Waals surface area contributed by atoms with Gasteiger partial charge in [-0.1, -0.05) is 30.3 Å². The zero-order valence-corrected chi connectivity index (χ0v) is 12.5. The van der Waals surface area contributed by atoms with Crippen LogP contribution >= 0.6 is 11.6 Å². The summed E-state index contributed by atoms with van der Waals surface area (Å²) in [5.41, 5.74) is 5.25. The van der Waals surface area contributed by atoms with Crippen molar-refractivity contribution in [1.29, 1.82) is 0 Å². The molecular weight excluding hydrogens is 280 g/mol. The average Bonchev–Trinajstić information content (AvgIpc) is 2.34. The molecule has 0 heterocycles. The lowest BCUT2D eigenvalue weighted by atomic mass is 10.0. The van der Waals surface area contributed by atoms with Gasteiger partial charge in [0.25, 0.3) is 0 Å². The Morgan fingerprint density at radius 2 is 1.80 bits per heavy atom. The van der Waals surface area contributed by atoms with Crippen LogP contribution in [0.3, 0.4) is 0 Å². The van der Waals surface area contributed by atoms with Gasteiger partial charge in [0.2, 0.25) is 5.91 Å². The number of alkyl halides is 1. The normalized spacial score (nSPS) is 14.2. The Morgan fingerprint density at radius 1 is 1.25 bits per heavy atom. The zero-order valence-electron chi connectivity index (χ0n) is 11.7. The molecule has 1 aromatic rings. The number of ether oxygens (including phenoxy) is 1. The molecule has 0 radical (unpaired) electrons. The number of halogens is 1. The molecule has 0 fully saturated rings. The maximum atomic E-state index is 11.8. The van der Waals surface area contributed by atoms with Crippen LogP contribution in [0, 0.1) is 0 Å². The number of primary amides is 1. The summed E-state index contributed by atoms with van der Waals surface area (Å²) in [6.07, 6.45) is -0.654. The van der Waals surface area contributed by atoms with Gasteiger partial charge in [-0.05, 0) is 26.3 Å². The maximum absolute atomic E-state index is 11.8. The number of rotatable bonds is 4. The minimum absolute atomic E-state index is 0.639. The van der Waals surface area contributed by atoms with Gasteiger partial charge in [-0.15, -0.1) is 11.6 Å². The second-order valence-corrected chi connectivity index (χ2v) is 5.81. The third-order valence-corrected chi connectivity index (χ3v) is 2.86. The van der Waals surface area contributed by atoms with Crippen LogP contribution in [0.5, 0.6) is 0 Å². The lowest BCUT2D eigenvalue weighted by Crippen LogP contribution is -2.42. The summed E-state index contributed by atoms with van der Waals surface area (Å²) >= 11 is 5.99. The Labute approximate surface area is 123 Å². The molecule has 5 nitrogen and oxygen atoms in total. The fourth-order valence-corrected chi connectivity index (χ4v) is 1.79. The molecule has 0 aromatic heterocycles. The number of nitrogens with one attached hydrogen (secondary N) is 1. The number of benzene rings is 1. The van der Waals surface area contributed by atoms with Gasteiger partial charge in [0.05, 0.1) is 6.04 Å². The minimum atomic E-state index is -1.06. The predicted octanol–water partition coefficient (Wildman–Crippen LogP) is 2.35. The lowest BCUT2D eigenvalue weighted by Gasteiger charge is -2.25. The van der Waals surface area contributed by atoms with Crippen LogP contribution in [0.1, 0.15) is 32.4 Å². The van der Waals surface area contributed by atoms with Crippen LogP contribution in [0.4, 0.5) is 4.79 Å². The molecule has 0 bridgehead atoms. The van der Waals surface area contributed by atoms with Crippen molar-refractivity contribution in [2.75, 3.05) is 0 Å². The average molecular weight is 299 g/mol. The Balaban J connectivity index is 2.90. The topological polar surface area (TPSA) is 81.4 Å². The number of amides is 2. The first kappa shape index (κ1) is 16.3. The van der Waals surface area contributed by atoms with Crippen molar-refractivity contribution < 1.29 is 14.3 Å². The van der Waals surface area contributed by atoms with E-state index in [-0.39, 0.29) is 0 Å². The minimum Gasteiger partial charge on any atom is -0.444 e. The van der Waals surface area contributed by atoms with Gasteiger partial charge in [0, 0.05) is 0 Å². The van der Waals surface area contributed by atoms with E-state index in [4.69, 9.17) is 22.1 Å². The summed E-state index contributed by atoms with van der Waals surface area (Å²) in [4.78, 5) is 23.1. The van der Waals surface area contributed by atoms with Gasteiger partial charge in [0.1, 0.15) is 11.0 Å². The number of carbonyl (C=O) groups is 2. The summed E-state index contributed by atoms with van der Waals surface area (Å²) in [6.45, 7) is 5.24. The Bertz CT molecular complexity index is 471. The first-order valence-electron chi connectivity index (χ1n) is 6.18. The standard InChI is InChI=1S/C14H19ClN2O3/c1-14(2,3)20-13(19)17-11(10(15)12(16)18)9-7-5-4-6-8-9/h4-8,10-11H,1-3H3,(H2,16,18)(H,17,19)/t10-,11-/m1/s1. The van der Waals surface area contributed by atoms with E-state index in [9.17, 15) is 9.59 Å². The van der Waals surface area contributed by atoms with Gasteiger partial charge in [-0.3, -0.25) is 4.79 Å². The Hall–Kier alpha value is -1.75. The predicted molar refractivity (Wildman–Crippen MR) is 77.4 cm³/mol. The molecule has 0 saturated carbocycles. The van der Waals surface area contributed by atoms with Crippen LogP contribution in [-0.4, -0.2) is 23.0 Å². The molecule has 0 aliphatic carbocycles. The molecule has 6 heteroatoms. The number of alkyl carbamates (subject to hydrolysis) is 1. The van der Waals surface area contributed by atoms with E-state index in [1.165, 1.54) is 0 Å². The zero-order chi connectivity index (χ0) is 15.3. The van der Waals surface area contributed by atoms with Gasteiger partial charge in [-0.25, -0.2) is 4.79 Å². The van der Waals surface area contributed by atoms with Gasteiger partial charge in [-0.2, -0.15) is 0 Å². The Morgan fingerprint density at radius 3 is 2.25 bits per heavy atom. The van der Waals surface area contributed by atoms with Crippen LogP contribution < -0.4 is 11.1 Å². The third kappa shape index (κ3) is 5.09. The van der Waals surface area contributed by atoms with Gasteiger partial charge in [0.15, 0.2) is 0 Å². The van der Waals surface area contributed by atoms with Crippen LogP contribution in [0.15, 0.2) is 30.3 Å². The summed E-state index contributed by atoms with van der Waals surface area (Å²) in [6, 6.07) is 8.14. The van der Waals surface area contributed by atoms with E-state index in [1.807, 2.05) is 6.07 Å². The molecular formula is C14H19ClN2O3. The highest BCUT2D eigenvalue weighted by Crippen LogP contribution is 2.21. The molecule has 20 heavy (non-hydrogen) atoms. The molecule has 0 spiro atoms. The van der Waals surface area contributed by atoms with Crippen LogP contribution in [0.25, 0.3) is 0 Å². The van der Waals surface area contributed by atoms with Crippen LogP contribution in [0.2, 0.25) is 0 Å². The second-order valence-electron chi connectivity index (χ2n) is 5.34. The fraction of sp³-hybridized carbons (Fsp3) is 0.429. The highest BCUT2D eigenvalue weighted by atomic mass is 35.5. The van der Waals surface area contributed by atoms with E-state index >= 15 is 0 Å². The summed E-state index contributed by atoms with van der Waals surface area (Å²) in [5.74, 6) is -0.712. The summed E-state index contributed by atoms with van der Waals surface area (Å²) < 4.78 is 5.16. The highest BCUT2D eigenvalue weighted by Gasteiger charge is 2.29. The number of hydrogen-bond donors (Lipinski definition) is 2. The van der Waals surface area contributed by atoms with E-state index in [0.717, 1.165) is 0 Å². The van der Waals surface area contributed by atoms with Crippen molar-refractivity contribution in [3.63, 3.8) is 0 Å². The van der Waals surface area contributed by atoms with Gasteiger partial charge >= 0.3 is 6.09 Å². The molecule has 2 atom stereocenters. The van der Waals surface area contributed by atoms with E-state index in [2.05, 4.69) is 5.32 Å². The first-order valence-corrected chi connectivity index (χ1v) is 6.62. The molecule has 0 saturated heterocycles. The monoisotopic (exact) mass is 298 g/mol. The SMILES string of the molecule is CC(C)(C)OC(=O)N[C@H](c1ccccc1)[C@@H](Cl)C(N)=O. The smallest absolute Gasteiger partial charge is 0.408 e. The maximum Gasteiger partial charge on any atom is 0.408 e. The molecule has 1 rings (SSSR count). The summed E-state index contributed by atoms with van der Waals surface area (Å²) in [7, 11) is 0. The number of nitrogens with two attached hydrogens (primary N) is 1. The van der Waals surface area contributed by atoms with Crippen molar-refractivity contribution in [2.45, 2.75) is 37.8 Å². The molecule has 0 unspecified atom stereocenters. The number of hydrogen-bond acceptors (Lipinski definition) is 3. The number of carbonyl (C=O) groups excluding carboxylic acids is 2. The van der Waals surface area contributed by atoms with Gasteiger partial charge < -0.3 is 15.8 Å². The van der Waals surface area contributed by atoms with Crippen molar-refractivity contribution >= 4 is 23.6 Å². The molecule has 2 amide bonds. The van der Waals surface area contributed by atoms with Crippen molar-refractivity contribution in [3.05, 3.63) is 35.9 Å². The molecule has 1 aromatic carbocycles. The molecule has 0 aliphatic heterocycles. The molecule has 110 valence electrons. The lowest BCUT2D eigenvalue weighted by molar-refractivity contribution is -0.118. The fourth-order valence-electron chi connectivity index (χ4n) is 1.58. The van der Waals surface area contributed by atoms with E-state index in [0.29, 0.717) is 5.56 Å². The van der Waals surface area contributed by atoms with E-state index < -0.39 is 29.0 Å². The quantitative estimate of drug-likeness (QED) is 0.837. The molecule has 3 N–H and O–H groups in total. The first-order chi connectivity index (χ1) is 9.20. The second kappa shape index (κ2) is 6.61. The third-order valence-electron chi connectivity index (χ3n) is 2.40. The van der Waals surface area contributed by atoms with Crippen molar-refractivity contribution in [3.8, 4) is 0 Å².